The standard InChI is InChI=1S/C12H27NO3SSi/c1-3-6-12-7-8-15-18(14-4-2,10-5-9-17)16-13-11-12/h12-13,17H,3-11H2,1-2H3. The summed E-state index contributed by atoms with van der Waals surface area (Å²) in [5.41, 5.74) is 3.09. The second kappa shape index (κ2) is 9.33. The topological polar surface area (TPSA) is 39.7 Å². The van der Waals surface area contributed by atoms with Crippen LogP contribution in [0, 0.1) is 5.92 Å². The van der Waals surface area contributed by atoms with Gasteiger partial charge in [-0.2, -0.15) is 12.6 Å². The fourth-order valence-electron chi connectivity index (χ4n) is 2.22. The molecule has 1 saturated heterocycles. The first-order valence-electron chi connectivity index (χ1n) is 7.06. The number of rotatable bonds is 7. The zero-order valence-electron chi connectivity index (χ0n) is 11.6. The van der Waals surface area contributed by atoms with Gasteiger partial charge in [0.1, 0.15) is 0 Å². The largest absolute Gasteiger partial charge is 0.517 e. The summed E-state index contributed by atoms with van der Waals surface area (Å²) >= 11 is 4.25. The molecule has 0 bridgehead atoms. The number of hydrogen-bond acceptors (Lipinski definition) is 5. The van der Waals surface area contributed by atoms with E-state index < -0.39 is 8.80 Å². The van der Waals surface area contributed by atoms with Crippen LogP contribution in [0.2, 0.25) is 6.04 Å². The van der Waals surface area contributed by atoms with Crippen molar-refractivity contribution in [3.05, 3.63) is 0 Å². The molecule has 2 unspecified atom stereocenters. The molecule has 6 heteroatoms. The average Bonchev–Trinajstić information content (AvgIpc) is 2.34. The summed E-state index contributed by atoms with van der Waals surface area (Å²) in [7, 11) is -2.50. The van der Waals surface area contributed by atoms with Gasteiger partial charge in [-0.3, -0.25) is 4.53 Å². The second-order valence-electron chi connectivity index (χ2n) is 4.69. The van der Waals surface area contributed by atoms with Crippen molar-refractivity contribution in [1.82, 2.24) is 5.48 Å². The summed E-state index contributed by atoms with van der Waals surface area (Å²) < 4.78 is 17.6. The van der Waals surface area contributed by atoms with Crippen molar-refractivity contribution in [3.63, 3.8) is 0 Å². The van der Waals surface area contributed by atoms with Crippen LogP contribution in [0.15, 0.2) is 0 Å². The van der Waals surface area contributed by atoms with E-state index in [-0.39, 0.29) is 0 Å². The maximum Gasteiger partial charge on any atom is 0.517 e. The molecule has 4 nitrogen and oxygen atoms in total. The second-order valence-corrected chi connectivity index (χ2v) is 7.78. The predicted molar refractivity (Wildman–Crippen MR) is 78.7 cm³/mol. The van der Waals surface area contributed by atoms with E-state index in [2.05, 4.69) is 25.0 Å². The van der Waals surface area contributed by atoms with Gasteiger partial charge in [-0.1, -0.05) is 13.3 Å². The molecule has 0 aromatic rings. The van der Waals surface area contributed by atoms with Crippen LogP contribution < -0.4 is 5.48 Å². The highest BCUT2D eigenvalue weighted by molar-refractivity contribution is 7.80. The van der Waals surface area contributed by atoms with E-state index in [1.165, 1.54) is 12.8 Å². The third-order valence-corrected chi connectivity index (χ3v) is 6.26. The van der Waals surface area contributed by atoms with Crippen molar-refractivity contribution < 1.29 is 13.4 Å². The normalized spacial score (nSPS) is 29.8. The lowest BCUT2D eigenvalue weighted by molar-refractivity contribution is -0.00139. The first-order chi connectivity index (χ1) is 8.76. The van der Waals surface area contributed by atoms with Gasteiger partial charge in [0.05, 0.1) is 0 Å². The molecule has 108 valence electrons. The Balaban J connectivity index is 2.48. The molecule has 1 rings (SSSR count). The van der Waals surface area contributed by atoms with Crippen LogP contribution in [-0.4, -0.2) is 34.3 Å². The van der Waals surface area contributed by atoms with E-state index in [1.807, 2.05) is 6.92 Å². The summed E-state index contributed by atoms with van der Waals surface area (Å²) in [5.74, 6) is 1.49. The Bertz CT molecular complexity index is 211. The monoisotopic (exact) mass is 293 g/mol. The van der Waals surface area contributed by atoms with E-state index in [1.54, 1.807) is 0 Å². The predicted octanol–water partition coefficient (Wildman–Crippen LogP) is 2.64. The molecule has 1 fully saturated rings. The quantitative estimate of drug-likeness (QED) is 0.559. The van der Waals surface area contributed by atoms with Crippen LogP contribution in [0.5, 0.6) is 0 Å². The highest BCUT2D eigenvalue weighted by atomic mass is 32.1. The molecule has 1 N–H and O–H groups in total. The van der Waals surface area contributed by atoms with E-state index in [0.29, 0.717) is 12.5 Å². The van der Waals surface area contributed by atoms with Gasteiger partial charge in [0.25, 0.3) is 0 Å². The molecule has 1 heterocycles. The van der Waals surface area contributed by atoms with Crippen molar-refractivity contribution in [2.24, 2.45) is 5.92 Å². The van der Waals surface area contributed by atoms with Crippen molar-refractivity contribution in [2.75, 3.05) is 25.5 Å². The molecule has 0 aromatic heterocycles. The molecule has 0 spiro atoms. The minimum absolute atomic E-state index is 0.638. The molecule has 0 amide bonds. The minimum atomic E-state index is -2.50. The minimum Gasteiger partial charge on any atom is -0.373 e. The van der Waals surface area contributed by atoms with Crippen LogP contribution >= 0.6 is 12.6 Å². The Morgan fingerprint density at radius 3 is 2.94 bits per heavy atom. The molecule has 1 aliphatic heterocycles. The molecule has 0 aromatic carbocycles. The Labute approximate surface area is 117 Å². The highest BCUT2D eigenvalue weighted by Gasteiger charge is 2.42. The summed E-state index contributed by atoms with van der Waals surface area (Å²) in [6.07, 6.45) is 4.49. The van der Waals surface area contributed by atoms with Crippen LogP contribution in [-0.2, 0) is 13.4 Å². The molecule has 0 saturated carbocycles. The van der Waals surface area contributed by atoms with Gasteiger partial charge in [0.15, 0.2) is 0 Å². The van der Waals surface area contributed by atoms with E-state index in [0.717, 1.165) is 37.8 Å². The molecule has 1 aliphatic rings. The van der Waals surface area contributed by atoms with Gasteiger partial charge in [-0.25, -0.2) is 5.48 Å². The van der Waals surface area contributed by atoms with E-state index in [4.69, 9.17) is 13.4 Å². The maximum absolute atomic E-state index is 5.99. The lowest BCUT2D eigenvalue weighted by Gasteiger charge is -2.32. The van der Waals surface area contributed by atoms with Gasteiger partial charge in [0.2, 0.25) is 0 Å². The SMILES string of the molecule is CCCC1CCO[Si](CCCS)(OCC)ONC1. The van der Waals surface area contributed by atoms with Gasteiger partial charge in [-0.05, 0) is 37.9 Å². The van der Waals surface area contributed by atoms with Crippen molar-refractivity contribution in [1.29, 1.82) is 0 Å². The third-order valence-electron chi connectivity index (χ3n) is 3.15. The average molecular weight is 294 g/mol. The van der Waals surface area contributed by atoms with E-state index in [9.17, 15) is 0 Å². The Hall–Kier alpha value is 0.407. The highest BCUT2D eigenvalue weighted by Crippen LogP contribution is 2.22. The summed E-state index contributed by atoms with van der Waals surface area (Å²) in [5, 5.41) is 0. The summed E-state index contributed by atoms with van der Waals surface area (Å²) in [6.45, 7) is 6.50. The van der Waals surface area contributed by atoms with Crippen LogP contribution in [0.1, 0.15) is 39.5 Å². The Morgan fingerprint density at radius 2 is 2.28 bits per heavy atom. The smallest absolute Gasteiger partial charge is 0.373 e. The van der Waals surface area contributed by atoms with Gasteiger partial charge < -0.3 is 8.85 Å². The number of hydroxylamine groups is 1. The third kappa shape index (κ3) is 5.58. The summed E-state index contributed by atoms with van der Waals surface area (Å²) in [6, 6.07) is 0.843. The first-order valence-corrected chi connectivity index (χ1v) is 9.62. The fraction of sp³-hybridized carbons (Fsp3) is 1.00. The molecule has 2 atom stereocenters. The number of nitrogens with one attached hydrogen (secondary N) is 1. The van der Waals surface area contributed by atoms with Gasteiger partial charge in [-0.15, -0.1) is 0 Å². The van der Waals surface area contributed by atoms with Crippen molar-refractivity contribution in [3.8, 4) is 0 Å². The summed E-state index contributed by atoms with van der Waals surface area (Å²) in [4.78, 5) is 0. The molecular formula is C12H27NO3SSi. The van der Waals surface area contributed by atoms with Crippen LogP contribution in [0.4, 0.5) is 0 Å². The maximum atomic E-state index is 5.99. The van der Waals surface area contributed by atoms with Crippen molar-refractivity contribution in [2.45, 2.75) is 45.6 Å². The van der Waals surface area contributed by atoms with Crippen LogP contribution in [0.3, 0.4) is 0 Å². The molecule has 18 heavy (non-hydrogen) atoms. The van der Waals surface area contributed by atoms with Crippen LogP contribution in [0.25, 0.3) is 0 Å². The van der Waals surface area contributed by atoms with E-state index >= 15 is 0 Å². The van der Waals surface area contributed by atoms with Gasteiger partial charge in [0, 0.05) is 25.8 Å². The lowest BCUT2D eigenvalue weighted by Crippen LogP contribution is -2.52. The molecular weight excluding hydrogens is 266 g/mol. The Morgan fingerprint density at radius 1 is 1.44 bits per heavy atom. The lowest BCUT2D eigenvalue weighted by atomic mass is 10.0. The number of hydrogen-bond donors (Lipinski definition) is 2. The first kappa shape index (κ1) is 16.5. The van der Waals surface area contributed by atoms with Crippen molar-refractivity contribution >= 4 is 21.4 Å². The zero-order valence-corrected chi connectivity index (χ0v) is 13.5. The fourth-order valence-corrected chi connectivity index (χ4v) is 5.05. The van der Waals surface area contributed by atoms with Gasteiger partial charge >= 0.3 is 8.80 Å². The molecule has 0 radical (unpaired) electrons. The Kier molecular flexibility index (Phi) is 8.53. The number of thiol groups is 1. The zero-order chi connectivity index (χ0) is 13.3. The molecule has 0 aliphatic carbocycles.